The Morgan fingerprint density at radius 1 is 1.07 bits per heavy atom. The Hall–Kier alpha value is -0.860. The van der Waals surface area contributed by atoms with Gasteiger partial charge in [0.05, 0.1) is 4.90 Å². The van der Waals surface area contributed by atoms with Gasteiger partial charge in [-0.15, -0.1) is 0 Å². The van der Waals surface area contributed by atoms with E-state index >= 15 is 0 Å². The number of piperidine rings is 1. The summed E-state index contributed by atoms with van der Waals surface area (Å²) in [5, 5.41) is 3.66. The van der Waals surface area contributed by atoms with Crippen molar-refractivity contribution in [2.45, 2.75) is 66.3 Å². The Kier molecular flexibility index (Phi) is 6.29. The molecule has 6 nitrogen and oxygen atoms in total. The van der Waals surface area contributed by atoms with Crippen molar-refractivity contribution in [1.29, 1.82) is 0 Å². The smallest absolute Gasteiger partial charge is 0.248 e. The highest BCUT2D eigenvalue weighted by Crippen LogP contribution is 2.37. The van der Waals surface area contributed by atoms with Gasteiger partial charge >= 0.3 is 0 Å². The van der Waals surface area contributed by atoms with Crippen LogP contribution in [-0.2, 0) is 9.84 Å². The highest BCUT2D eigenvalue weighted by atomic mass is 35.6. The van der Waals surface area contributed by atoms with Crippen LogP contribution in [0.25, 0.3) is 0 Å². The fourth-order valence-corrected chi connectivity index (χ4v) is 5.50. The van der Waals surface area contributed by atoms with Crippen LogP contribution >= 0.6 is 34.8 Å². The van der Waals surface area contributed by atoms with Gasteiger partial charge in [0, 0.05) is 28.9 Å². The zero-order valence-electron chi connectivity index (χ0n) is 17.7. The van der Waals surface area contributed by atoms with Gasteiger partial charge in [0.1, 0.15) is 6.67 Å². The van der Waals surface area contributed by atoms with Gasteiger partial charge in [0.25, 0.3) is 0 Å². The molecule has 2 aliphatic rings. The van der Waals surface area contributed by atoms with Crippen LogP contribution in [0.2, 0.25) is 0 Å². The third-order valence-electron chi connectivity index (χ3n) is 5.26. The van der Waals surface area contributed by atoms with E-state index < -0.39 is 13.6 Å². The lowest BCUT2D eigenvalue weighted by atomic mass is 9.79. The van der Waals surface area contributed by atoms with Gasteiger partial charge < -0.3 is 10.2 Å². The van der Waals surface area contributed by atoms with E-state index in [9.17, 15) is 8.42 Å². The maximum Gasteiger partial charge on any atom is 0.248 e. The lowest BCUT2D eigenvalue weighted by molar-refractivity contribution is 0.103. The Labute approximate surface area is 193 Å². The summed E-state index contributed by atoms with van der Waals surface area (Å²) >= 11 is 18.9. The molecule has 0 aromatic heterocycles. The van der Waals surface area contributed by atoms with Crippen molar-refractivity contribution < 1.29 is 8.42 Å². The molecule has 0 spiro atoms. The van der Waals surface area contributed by atoms with E-state index in [1.165, 1.54) is 18.4 Å². The quantitative estimate of drug-likeness (QED) is 0.641. The molecule has 3 rings (SSSR count). The Morgan fingerprint density at radius 3 is 2.07 bits per heavy atom. The van der Waals surface area contributed by atoms with Gasteiger partial charge in [-0.05, 0) is 64.8 Å². The molecule has 0 amide bonds. The molecule has 0 radical (unpaired) electrons. The predicted octanol–water partition coefficient (Wildman–Crippen LogP) is 4.19. The van der Waals surface area contributed by atoms with Crippen LogP contribution in [0.15, 0.2) is 39.1 Å². The van der Waals surface area contributed by atoms with E-state index in [1.54, 1.807) is 12.1 Å². The van der Waals surface area contributed by atoms with Gasteiger partial charge in [-0.2, -0.15) is 0 Å². The van der Waals surface area contributed by atoms with E-state index in [4.69, 9.17) is 34.8 Å². The molecule has 1 fully saturated rings. The number of amidine groups is 2. The van der Waals surface area contributed by atoms with Crippen LogP contribution in [0, 0.1) is 0 Å². The van der Waals surface area contributed by atoms with Gasteiger partial charge in [0.15, 0.2) is 21.5 Å². The fraction of sp³-hybridized carbons (Fsp3) is 0.600. The van der Waals surface area contributed by atoms with Crippen molar-refractivity contribution in [1.82, 2.24) is 10.2 Å². The molecule has 30 heavy (non-hydrogen) atoms. The third-order valence-corrected chi connectivity index (χ3v) is 6.90. The van der Waals surface area contributed by atoms with E-state index in [2.05, 4.69) is 43.0 Å². The molecule has 2 aliphatic heterocycles. The number of hydrogen-bond acceptors (Lipinski definition) is 6. The second-order valence-corrected chi connectivity index (χ2v) is 13.6. The monoisotopic (exact) mass is 492 g/mol. The van der Waals surface area contributed by atoms with Crippen LogP contribution in [0.1, 0.15) is 46.1 Å². The number of hydrogen-bond donors (Lipinski definition) is 1. The maximum atomic E-state index is 11.7. The number of alkyl halides is 3. The van der Waals surface area contributed by atoms with Crippen molar-refractivity contribution in [3.05, 3.63) is 29.8 Å². The van der Waals surface area contributed by atoms with Crippen molar-refractivity contribution in [2.75, 3.05) is 12.9 Å². The Morgan fingerprint density at radius 2 is 1.60 bits per heavy atom. The first-order valence-electron chi connectivity index (χ1n) is 9.64. The van der Waals surface area contributed by atoms with Gasteiger partial charge in [-0.1, -0.05) is 34.8 Å². The molecule has 10 heteroatoms. The first-order chi connectivity index (χ1) is 13.6. The van der Waals surface area contributed by atoms with E-state index in [-0.39, 0.29) is 22.0 Å². The molecule has 0 aliphatic carbocycles. The minimum Gasteiger partial charge on any atom is -0.334 e. The summed E-state index contributed by atoms with van der Waals surface area (Å²) in [5.74, 6) is 0.753. The molecule has 2 heterocycles. The molecule has 0 unspecified atom stereocenters. The molecular weight excluding hydrogens is 467 g/mol. The summed E-state index contributed by atoms with van der Waals surface area (Å²) in [6, 6.07) is 6.50. The van der Waals surface area contributed by atoms with Crippen LogP contribution < -0.4 is 5.32 Å². The second-order valence-electron chi connectivity index (χ2n) is 9.28. The first kappa shape index (κ1) is 23.8. The number of nitrogens with zero attached hydrogens (tertiary/aromatic N) is 3. The average molecular weight is 494 g/mol. The molecule has 0 saturated carbocycles. The summed E-state index contributed by atoms with van der Waals surface area (Å²) in [6.45, 7) is 8.96. The fourth-order valence-electron chi connectivity index (χ4n) is 4.42. The molecule has 1 aromatic carbocycles. The second kappa shape index (κ2) is 7.93. The number of nitrogens with one attached hydrogen (secondary N) is 1. The summed E-state index contributed by atoms with van der Waals surface area (Å²) in [5.41, 5.74) is 0.493. The topological polar surface area (TPSA) is 74.1 Å². The van der Waals surface area contributed by atoms with E-state index in [1.807, 2.05) is 4.90 Å². The molecular formula is C20H27Cl3N4O2S. The lowest BCUT2D eigenvalue weighted by Crippen LogP contribution is -2.64. The van der Waals surface area contributed by atoms with Crippen molar-refractivity contribution >= 4 is 56.3 Å². The number of rotatable bonds is 3. The zero-order chi connectivity index (χ0) is 22.5. The van der Waals surface area contributed by atoms with Crippen LogP contribution in [-0.4, -0.2) is 58.8 Å². The van der Waals surface area contributed by atoms with Crippen molar-refractivity contribution in [2.24, 2.45) is 9.98 Å². The highest BCUT2D eigenvalue weighted by molar-refractivity contribution is 7.90. The molecule has 1 N–H and O–H groups in total. The van der Waals surface area contributed by atoms with E-state index in [0.29, 0.717) is 23.9 Å². The summed E-state index contributed by atoms with van der Waals surface area (Å²) in [7, 11) is -3.28. The highest BCUT2D eigenvalue weighted by Gasteiger charge is 2.44. The zero-order valence-corrected chi connectivity index (χ0v) is 20.8. The lowest BCUT2D eigenvalue weighted by Gasteiger charge is -2.50. The molecule has 1 aromatic rings. The Bertz CT molecular complexity index is 964. The Balaban J connectivity index is 1.94. The van der Waals surface area contributed by atoms with Crippen LogP contribution in [0.5, 0.6) is 0 Å². The van der Waals surface area contributed by atoms with Gasteiger partial charge in [0.2, 0.25) is 3.79 Å². The van der Waals surface area contributed by atoms with Crippen LogP contribution in [0.3, 0.4) is 0 Å². The standard InChI is InChI=1S/C20H27Cl3N4O2S/c1-18(2)10-14(11-19(3,4)26-18)27-12-24-16(25-17(27)20(21,22)23)13-6-8-15(9-7-13)30(5,28)29/h6-9,14,26H,10-12H2,1-5H3. The van der Waals surface area contributed by atoms with E-state index in [0.717, 1.165) is 12.8 Å². The number of halogens is 3. The summed E-state index contributed by atoms with van der Waals surface area (Å²) < 4.78 is 21.7. The van der Waals surface area contributed by atoms with Crippen molar-refractivity contribution in [3.63, 3.8) is 0 Å². The van der Waals surface area contributed by atoms with Crippen molar-refractivity contribution in [3.8, 4) is 0 Å². The molecule has 0 atom stereocenters. The number of aliphatic imine (C=N–C) groups is 2. The van der Waals surface area contributed by atoms with Crippen LogP contribution in [0.4, 0.5) is 0 Å². The van der Waals surface area contributed by atoms with Gasteiger partial charge in [-0.3, -0.25) is 0 Å². The SMILES string of the molecule is CC1(C)CC(N2CN=C(c3ccc(S(C)(=O)=O)cc3)N=C2C(Cl)(Cl)Cl)CC(C)(C)N1. The average Bonchev–Trinajstić information content (AvgIpc) is 2.57. The number of benzene rings is 1. The predicted molar refractivity (Wildman–Crippen MR) is 125 cm³/mol. The summed E-state index contributed by atoms with van der Waals surface area (Å²) in [4.78, 5) is 11.4. The largest absolute Gasteiger partial charge is 0.334 e. The minimum absolute atomic E-state index is 0.0867. The number of sulfone groups is 1. The maximum absolute atomic E-state index is 11.7. The first-order valence-corrected chi connectivity index (χ1v) is 12.7. The minimum atomic E-state index is -3.28. The van der Waals surface area contributed by atoms with Gasteiger partial charge in [-0.25, -0.2) is 18.4 Å². The molecule has 1 saturated heterocycles. The molecule has 166 valence electrons. The molecule has 0 bridgehead atoms. The third kappa shape index (κ3) is 5.49. The normalized spacial score (nSPS) is 22.5. The summed E-state index contributed by atoms with van der Waals surface area (Å²) in [6.07, 6.45) is 2.87.